The Morgan fingerprint density at radius 2 is 2.10 bits per heavy atom. The number of nitrogens with zero attached hydrogens (tertiary/aromatic N) is 1. The molecule has 0 aliphatic carbocycles. The molecule has 0 saturated heterocycles. The number of hydrogen-bond donors (Lipinski definition) is 1. The number of aliphatic imine (C=N–C) groups is 1. The zero-order valence-electron chi connectivity index (χ0n) is 10.4. The number of halogens is 3. The Balaban J connectivity index is 2.07. The monoisotopic (exact) mass is 287 g/mol. The maximum Gasteiger partial charge on any atom is 0.416 e. The summed E-state index contributed by atoms with van der Waals surface area (Å²) < 4.78 is 43.7. The fourth-order valence-electron chi connectivity index (χ4n) is 1.98. The second-order valence-electron chi connectivity index (χ2n) is 4.40. The number of carbonyl (C=O) groups is 1. The molecular weight excluding hydrogens is 275 g/mol. The van der Waals surface area contributed by atoms with Crippen LogP contribution in [0.4, 0.5) is 13.2 Å². The highest BCUT2D eigenvalue weighted by molar-refractivity contribution is 5.81. The van der Waals surface area contributed by atoms with E-state index in [0.717, 1.165) is 6.07 Å². The van der Waals surface area contributed by atoms with Crippen molar-refractivity contribution in [2.24, 2.45) is 4.99 Å². The normalized spacial score (nSPS) is 18.6. The molecule has 1 heterocycles. The van der Waals surface area contributed by atoms with E-state index in [-0.39, 0.29) is 30.8 Å². The molecule has 4 nitrogen and oxygen atoms in total. The van der Waals surface area contributed by atoms with Crippen molar-refractivity contribution < 1.29 is 27.8 Å². The average Bonchev–Trinajstić information content (AvgIpc) is 2.75. The number of alkyl halides is 3. The topological polar surface area (TPSA) is 58.9 Å². The van der Waals surface area contributed by atoms with Gasteiger partial charge in [-0.15, -0.1) is 0 Å². The van der Waals surface area contributed by atoms with Crippen LogP contribution in [0, 0.1) is 0 Å². The number of carboxylic acids is 1. The van der Waals surface area contributed by atoms with E-state index < -0.39 is 23.8 Å². The molecule has 0 amide bonds. The Morgan fingerprint density at radius 3 is 2.75 bits per heavy atom. The van der Waals surface area contributed by atoms with Gasteiger partial charge in [-0.25, -0.2) is 0 Å². The smallest absolute Gasteiger partial charge is 0.416 e. The van der Waals surface area contributed by atoms with Gasteiger partial charge in [-0.05, 0) is 11.6 Å². The van der Waals surface area contributed by atoms with Gasteiger partial charge in [0, 0.05) is 6.42 Å². The third kappa shape index (κ3) is 3.49. The van der Waals surface area contributed by atoms with Crippen LogP contribution in [-0.4, -0.2) is 29.6 Å². The molecule has 0 spiro atoms. The molecule has 108 valence electrons. The van der Waals surface area contributed by atoms with Crippen LogP contribution in [0.25, 0.3) is 0 Å². The molecular formula is C13H12F3NO3. The standard InChI is InChI=1S/C13H12F3NO3/c14-13(15,16)10-4-2-1-3-8(10)5-11-17-7-9(20-11)6-12(18)19/h1-4,9H,5-7H2,(H,18,19). The van der Waals surface area contributed by atoms with Crippen LogP contribution >= 0.6 is 0 Å². The van der Waals surface area contributed by atoms with Crippen LogP contribution in [0.15, 0.2) is 29.3 Å². The van der Waals surface area contributed by atoms with Crippen molar-refractivity contribution in [1.82, 2.24) is 0 Å². The van der Waals surface area contributed by atoms with E-state index >= 15 is 0 Å². The lowest BCUT2D eigenvalue weighted by Gasteiger charge is -2.13. The molecule has 0 bridgehead atoms. The number of benzene rings is 1. The van der Waals surface area contributed by atoms with Gasteiger partial charge in [-0.1, -0.05) is 18.2 Å². The summed E-state index contributed by atoms with van der Waals surface area (Å²) in [7, 11) is 0. The third-order valence-corrected chi connectivity index (χ3v) is 2.84. The Hall–Kier alpha value is -2.05. The summed E-state index contributed by atoms with van der Waals surface area (Å²) in [6.45, 7) is 0.163. The number of ether oxygens (including phenoxy) is 1. The van der Waals surface area contributed by atoms with Crippen LogP contribution in [-0.2, 0) is 22.1 Å². The lowest BCUT2D eigenvalue weighted by molar-refractivity contribution is -0.139. The molecule has 7 heteroatoms. The first-order valence-electron chi connectivity index (χ1n) is 5.93. The van der Waals surface area contributed by atoms with Crippen molar-refractivity contribution in [3.05, 3.63) is 35.4 Å². The number of hydrogen-bond acceptors (Lipinski definition) is 3. The number of aliphatic carboxylic acids is 1. The molecule has 20 heavy (non-hydrogen) atoms. The van der Waals surface area contributed by atoms with Gasteiger partial charge < -0.3 is 9.84 Å². The lowest BCUT2D eigenvalue weighted by atomic mass is 10.0. The summed E-state index contributed by atoms with van der Waals surface area (Å²) in [6.07, 6.45) is -5.34. The SMILES string of the molecule is O=C(O)CC1CN=C(Cc2ccccc2C(F)(F)F)O1. The highest BCUT2D eigenvalue weighted by atomic mass is 19.4. The summed E-state index contributed by atoms with van der Waals surface area (Å²) in [5, 5.41) is 8.62. The molecule has 0 fully saturated rings. The minimum absolute atomic E-state index is 0.0646. The van der Waals surface area contributed by atoms with E-state index in [9.17, 15) is 18.0 Å². The van der Waals surface area contributed by atoms with Crippen LogP contribution in [0.2, 0.25) is 0 Å². The number of carboxylic acid groups (broad SMARTS) is 1. The molecule has 1 aliphatic heterocycles. The van der Waals surface area contributed by atoms with E-state index in [2.05, 4.69) is 4.99 Å². The molecule has 1 aromatic rings. The Morgan fingerprint density at radius 1 is 1.40 bits per heavy atom. The maximum atomic E-state index is 12.8. The van der Waals surface area contributed by atoms with Crippen molar-refractivity contribution in [3.63, 3.8) is 0 Å². The average molecular weight is 287 g/mol. The van der Waals surface area contributed by atoms with Gasteiger partial charge in [0.2, 0.25) is 0 Å². The maximum absolute atomic E-state index is 12.8. The van der Waals surface area contributed by atoms with Gasteiger partial charge in [0.15, 0.2) is 5.90 Å². The van der Waals surface area contributed by atoms with Crippen molar-refractivity contribution in [2.75, 3.05) is 6.54 Å². The van der Waals surface area contributed by atoms with Crippen molar-refractivity contribution in [1.29, 1.82) is 0 Å². The minimum Gasteiger partial charge on any atom is -0.481 e. The second kappa shape index (κ2) is 5.52. The van der Waals surface area contributed by atoms with E-state index in [1.807, 2.05) is 0 Å². The molecule has 0 radical (unpaired) electrons. The first-order valence-corrected chi connectivity index (χ1v) is 5.93. The van der Waals surface area contributed by atoms with Gasteiger partial charge in [0.05, 0.1) is 18.5 Å². The van der Waals surface area contributed by atoms with Crippen LogP contribution in [0.5, 0.6) is 0 Å². The van der Waals surface area contributed by atoms with E-state index in [0.29, 0.717) is 0 Å². The van der Waals surface area contributed by atoms with Crippen molar-refractivity contribution >= 4 is 11.9 Å². The molecule has 1 N–H and O–H groups in total. The minimum atomic E-state index is -4.43. The summed E-state index contributed by atoms with van der Waals surface area (Å²) in [6, 6.07) is 5.19. The van der Waals surface area contributed by atoms with E-state index in [4.69, 9.17) is 9.84 Å². The summed E-state index contributed by atoms with van der Waals surface area (Å²) in [5.74, 6) is -0.880. The molecule has 1 aliphatic rings. The first-order chi connectivity index (χ1) is 9.36. The van der Waals surface area contributed by atoms with Gasteiger partial charge in [0.1, 0.15) is 6.10 Å². The fourth-order valence-corrected chi connectivity index (χ4v) is 1.98. The molecule has 0 aromatic heterocycles. The number of rotatable bonds is 4. The van der Waals surface area contributed by atoms with E-state index in [1.165, 1.54) is 18.2 Å². The van der Waals surface area contributed by atoms with E-state index in [1.54, 1.807) is 0 Å². The summed E-state index contributed by atoms with van der Waals surface area (Å²) in [4.78, 5) is 14.5. The zero-order valence-corrected chi connectivity index (χ0v) is 10.4. The van der Waals surface area contributed by atoms with Crippen molar-refractivity contribution in [3.8, 4) is 0 Å². The summed E-state index contributed by atoms with van der Waals surface area (Å²) >= 11 is 0. The Bertz CT molecular complexity index is 540. The lowest BCUT2D eigenvalue weighted by Crippen LogP contribution is -2.19. The highest BCUT2D eigenvalue weighted by Crippen LogP contribution is 2.32. The summed E-state index contributed by atoms with van der Waals surface area (Å²) in [5.41, 5.74) is -0.664. The van der Waals surface area contributed by atoms with Gasteiger partial charge in [-0.2, -0.15) is 13.2 Å². The van der Waals surface area contributed by atoms with Crippen LogP contribution in [0.3, 0.4) is 0 Å². The molecule has 1 unspecified atom stereocenters. The van der Waals surface area contributed by atoms with Gasteiger partial charge in [-0.3, -0.25) is 9.79 Å². The van der Waals surface area contributed by atoms with Crippen LogP contribution in [0.1, 0.15) is 17.5 Å². The van der Waals surface area contributed by atoms with Crippen LogP contribution < -0.4 is 0 Å². The highest BCUT2D eigenvalue weighted by Gasteiger charge is 2.33. The molecule has 1 aromatic carbocycles. The van der Waals surface area contributed by atoms with Gasteiger partial charge in [0.25, 0.3) is 0 Å². The quantitative estimate of drug-likeness (QED) is 0.925. The molecule has 1 atom stereocenters. The zero-order chi connectivity index (χ0) is 14.8. The van der Waals surface area contributed by atoms with Crippen molar-refractivity contribution in [2.45, 2.75) is 25.1 Å². The third-order valence-electron chi connectivity index (χ3n) is 2.84. The second-order valence-corrected chi connectivity index (χ2v) is 4.40. The predicted molar refractivity (Wildman–Crippen MR) is 64.6 cm³/mol. The van der Waals surface area contributed by atoms with Gasteiger partial charge >= 0.3 is 12.1 Å². The molecule has 2 rings (SSSR count). The Labute approximate surface area is 112 Å². The first kappa shape index (κ1) is 14.4. The fraction of sp³-hybridized carbons (Fsp3) is 0.385. The Kier molecular flexibility index (Phi) is 3.96. The molecule has 0 saturated carbocycles. The largest absolute Gasteiger partial charge is 0.481 e. The predicted octanol–water partition coefficient (Wildman–Crippen LogP) is 2.52.